The molecule has 0 aliphatic carbocycles. The van der Waals surface area contributed by atoms with E-state index in [2.05, 4.69) is 4.98 Å². The van der Waals surface area contributed by atoms with Crippen LogP contribution in [0.15, 0.2) is 18.3 Å². The van der Waals surface area contributed by atoms with E-state index in [1.807, 2.05) is 6.07 Å². The predicted molar refractivity (Wildman–Crippen MR) is 48.1 cm³/mol. The molecule has 0 radical (unpaired) electrons. The Labute approximate surface area is 76.5 Å². The van der Waals surface area contributed by atoms with Gasteiger partial charge in [0.25, 0.3) is 0 Å². The summed E-state index contributed by atoms with van der Waals surface area (Å²) in [4.78, 5) is 3.91. The molecule has 3 nitrogen and oxygen atoms in total. The van der Waals surface area contributed by atoms with Gasteiger partial charge in [0.1, 0.15) is 5.15 Å². The number of halogens is 1. The van der Waals surface area contributed by atoms with Crippen molar-refractivity contribution in [1.29, 1.82) is 0 Å². The van der Waals surface area contributed by atoms with Crippen molar-refractivity contribution in [3.63, 3.8) is 0 Å². The second-order valence-electron chi connectivity index (χ2n) is 2.48. The highest BCUT2D eigenvalue weighted by atomic mass is 35.5. The van der Waals surface area contributed by atoms with Crippen molar-refractivity contribution in [1.82, 2.24) is 4.98 Å². The topological polar surface area (TPSA) is 48.1 Å². The van der Waals surface area contributed by atoms with Crippen LogP contribution >= 0.6 is 11.6 Å². The summed E-state index contributed by atoms with van der Waals surface area (Å²) in [7, 11) is 1.61. The van der Waals surface area contributed by atoms with Crippen LogP contribution < -0.4 is 5.73 Å². The van der Waals surface area contributed by atoms with Gasteiger partial charge in [0, 0.05) is 13.3 Å². The van der Waals surface area contributed by atoms with Crippen LogP contribution in [0.2, 0.25) is 5.15 Å². The van der Waals surface area contributed by atoms with Crippen LogP contribution in [0.5, 0.6) is 0 Å². The minimum atomic E-state index is -0.125. The number of hydrogen-bond donors (Lipinski definition) is 1. The molecule has 0 aromatic carbocycles. The van der Waals surface area contributed by atoms with Gasteiger partial charge >= 0.3 is 0 Å². The van der Waals surface area contributed by atoms with Crippen LogP contribution in [0.3, 0.4) is 0 Å². The molecule has 0 amide bonds. The Morgan fingerprint density at radius 2 is 2.42 bits per heavy atom. The van der Waals surface area contributed by atoms with Crippen LogP contribution in [0.4, 0.5) is 0 Å². The van der Waals surface area contributed by atoms with Gasteiger partial charge in [-0.3, -0.25) is 0 Å². The minimum absolute atomic E-state index is 0.125. The zero-order valence-corrected chi connectivity index (χ0v) is 7.58. The third-order valence-electron chi connectivity index (χ3n) is 1.52. The Morgan fingerprint density at radius 3 is 2.92 bits per heavy atom. The van der Waals surface area contributed by atoms with E-state index >= 15 is 0 Å². The van der Waals surface area contributed by atoms with E-state index < -0.39 is 0 Å². The van der Waals surface area contributed by atoms with Gasteiger partial charge in [0.05, 0.1) is 12.6 Å². The highest BCUT2D eigenvalue weighted by Crippen LogP contribution is 2.11. The van der Waals surface area contributed by atoms with Gasteiger partial charge in [-0.15, -0.1) is 0 Å². The summed E-state index contributed by atoms with van der Waals surface area (Å²) in [6.45, 7) is 0.489. The van der Waals surface area contributed by atoms with Crippen LogP contribution in [-0.4, -0.2) is 18.7 Å². The van der Waals surface area contributed by atoms with Gasteiger partial charge in [0.15, 0.2) is 0 Å². The molecule has 1 aromatic rings. The number of methoxy groups -OCH3 is 1. The fraction of sp³-hybridized carbons (Fsp3) is 0.375. The minimum Gasteiger partial charge on any atom is -0.383 e. The van der Waals surface area contributed by atoms with Gasteiger partial charge in [-0.25, -0.2) is 4.98 Å². The van der Waals surface area contributed by atoms with Gasteiger partial charge in [-0.05, 0) is 11.6 Å². The van der Waals surface area contributed by atoms with Crippen molar-refractivity contribution in [2.75, 3.05) is 13.7 Å². The molecule has 0 aliphatic rings. The molecule has 0 fully saturated rings. The van der Waals surface area contributed by atoms with Crippen molar-refractivity contribution >= 4 is 11.6 Å². The Hall–Kier alpha value is -0.640. The molecule has 1 heterocycles. The van der Waals surface area contributed by atoms with Gasteiger partial charge in [-0.2, -0.15) is 0 Å². The van der Waals surface area contributed by atoms with E-state index in [1.54, 1.807) is 19.4 Å². The molecule has 0 spiro atoms. The molecular formula is C8H11ClN2O. The fourth-order valence-corrected chi connectivity index (χ4v) is 0.994. The zero-order valence-electron chi connectivity index (χ0n) is 6.83. The summed E-state index contributed by atoms with van der Waals surface area (Å²) in [5.41, 5.74) is 6.68. The number of hydrogen-bond acceptors (Lipinski definition) is 3. The van der Waals surface area contributed by atoms with E-state index in [9.17, 15) is 0 Å². The highest BCUT2D eigenvalue weighted by molar-refractivity contribution is 6.29. The molecule has 0 bridgehead atoms. The second-order valence-corrected chi connectivity index (χ2v) is 2.86. The maximum Gasteiger partial charge on any atom is 0.129 e. The van der Waals surface area contributed by atoms with Crippen molar-refractivity contribution in [3.8, 4) is 0 Å². The molecule has 12 heavy (non-hydrogen) atoms. The lowest BCUT2D eigenvalue weighted by atomic mass is 10.1. The van der Waals surface area contributed by atoms with Crippen molar-refractivity contribution < 1.29 is 4.74 Å². The average Bonchev–Trinajstić information content (AvgIpc) is 2.06. The smallest absolute Gasteiger partial charge is 0.129 e. The molecular weight excluding hydrogens is 176 g/mol. The van der Waals surface area contributed by atoms with Crippen LogP contribution in [-0.2, 0) is 4.74 Å². The summed E-state index contributed by atoms with van der Waals surface area (Å²) in [6.07, 6.45) is 1.66. The van der Waals surface area contributed by atoms with Crippen LogP contribution in [0.25, 0.3) is 0 Å². The third kappa shape index (κ3) is 2.44. The van der Waals surface area contributed by atoms with E-state index in [1.165, 1.54) is 0 Å². The lowest BCUT2D eigenvalue weighted by Crippen LogP contribution is -2.16. The molecule has 1 atom stereocenters. The Kier molecular flexibility index (Phi) is 3.47. The quantitative estimate of drug-likeness (QED) is 0.726. The predicted octanol–water partition coefficient (Wildman–Crippen LogP) is 1.38. The zero-order chi connectivity index (χ0) is 8.97. The Bertz CT molecular complexity index is 237. The largest absolute Gasteiger partial charge is 0.383 e. The Morgan fingerprint density at radius 1 is 1.67 bits per heavy atom. The number of rotatable bonds is 3. The fourth-order valence-electron chi connectivity index (χ4n) is 0.882. The number of ether oxygens (including phenoxy) is 1. The van der Waals surface area contributed by atoms with Gasteiger partial charge in [-0.1, -0.05) is 17.7 Å². The normalized spacial score (nSPS) is 12.9. The second kappa shape index (κ2) is 4.40. The summed E-state index contributed by atoms with van der Waals surface area (Å²) < 4.78 is 4.90. The van der Waals surface area contributed by atoms with Crippen LogP contribution in [0.1, 0.15) is 11.6 Å². The van der Waals surface area contributed by atoms with Gasteiger partial charge < -0.3 is 10.5 Å². The number of pyridine rings is 1. The average molecular weight is 187 g/mol. The van der Waals surface area contributed by atoms with E-state index in [-0.39, 0.29) is 6.04 Å². The van der Waals surface area contributed by atoms with Crippen molar-refractivity contribution in [2.45, 2.75) is 6.04 Å². The molecule has 0 aliphatic heterocycles. The summed E-state index contributed by atoms with van der Waals surface area (Å²) in [5.74, 6) is 0. The third-order valence-corrected chi connectivity index (χ3v) is 1.75. The number of nitrogens with zero attached hydrogens (tertiary/aromatic N) is 1. The van der Waals surface area contributed by atoms with E-state index in [0.717, 1.165) is 5.56 Å². The molecule has 0 unspecified atom stereocenters. The number of nitrogens with two attached hydrogens (primary N) is 1. The summed E-state index contributed by atoms with van der Waals surface area (Å²) in [5, 5.41) is 0.475. The SMILES string of the molecule is COC[C@@H](N)c1ccc(Cl)nc1. The van der Waals surface area contributed by atoms with Crippen molar-refractivity contribution in [2.24, 2.45) is 5.73 Å². The molecule has 4 heteroatoms. The first kappa shape index (κ1) is 9.45. The monoisotopic (exact) mass is 186 g/mol. The lowest BCUT2D eigenvalue weighted by molar-refractivity contribution is 0.181. The standard InChI is InChI=1S/C8H11ClN2O/c1-12-5-7(10)6-2-3-8(9)11-4-6/h2-4,7H,5,10H2,1H3/t7-/m1/s1. The first-order chi connectivity index (χ1) is 5.74. The summed E-state index contributed by atoms with van der Waals surface area (Å²) >= 11 is 5.61. The van der Waals surface area contributed by atoms with E-state index in [4.69, 9.17) is 22.1 Å². The molecule has 66 valence electrons. The van der Waals surface area contributed by atoms with Crippen LogP contribution in [0, 0.1) is 0 Å². The molecule has 0 saturated carbocycles. The lowest BCUT2D eigenvalue weighted by Gasteiger charge is -2.09. The van der Waals surface area contributed by atoms with E-state index in [0.29, 0.717) is 11.8 Å². The Balaban J connectivity index is 2.68. The maximum atomic E-state index is 5.75. The first-order valence-corrected chi connectivity index (χ1v) is 3.98. The molecule has 0 saturated heterocycles. The molecule has 2 N–H and O–H groups in total. The maximum absolute atomic E-state index is 5.75. The van der Waals surface area contributed by atoms with Crippen molar-refractivity contribution in [3.05, 3.63) is 29.0 Å². The van der Waals surface area contributed by atoms with Gasteiger partial charge in [0.2, 0.25) is 0 Å². The number of aromatic nitrogens is 1. The molecule has 1 rings (SSSR count). The highest BCUT2D eigenvalue weighted by Gasteiger charge is 2.04. The first-order valence-electron chi connectivity index (χ1n) is 3.60. The summed E-state index contributed by atoms with van der Waals surface area (Å²) in [6, 6.07) is 3.44. The molecule has 1 aromatic heterocycles.